The molecule has 0 aromatic heterocycles. The van der Waals surface area contributed by atoms with Crippen LogP contribution >= 0.6 is 0 Å². The molecule has 0 aromatic rings. The van der Waals surface area contributed by atoms with Crippen LogP contribution in [0.5, 0.6) is 0 Å². The highest BCUT2D eigenvalue weighted by Gasteiger charge is 2.23. The summed E-state index contributed by atoms with van der Waals surface area (Å²) in [7, 11) is 1.67. The van der Waals surface area contributed by atoms with Crippen LogP contribution in [-0.4, -0.2) is 55.4 Å². The average Bonchev–Trinajstić information content (AvgIpc) is 2.39. The van der Waals surface area contributed by atoms with Crippen LogP contribution in [0, 0.1) is 11.8 Å². The second-order valence-electron chi connectivity index (χ2n) is 5.17. The number of hydrogen-bond donors (Lipinski definition) is 2. The molecule has 1 saturated heterocycles. The molecule has 0 saturated carbocycles. The van der Waals surface area contributed by atoms with Gasteiger partial charge in [-0.25, -0.2) is 4.79 Å². The van der Waals surface area contributed by atoms with E-state index in [1.807, 2.05) is 0 Å². The molecule has 0 aromatic carbocycles. The lowest BCUT2D eigenvalue weighted by Crippen LogP contribution is -2.46. The third-order valence-electron chi connectivity index (χ3n) is 3.48. The number of piperidine rings is 1. The first-order valence-corrected chi connectivity index (χ1v) is 6.79. The summed E-state index contributed by atoms with van der Waals surface area (Å²) >= 11 is 0. The van der Waals surface area contributed by atoms with Crippen molar-refractivity contribution in [3.05, 3.63) is 0 Å². The molecule has 19 heavy (non-hydrogen) atoms. The summed E-state index contributed by atoms with van der Waals surface area (Å²) in [6.45, 7) is 4.20. The molecule has 6 nitrogen and oxygen atoms in total. The maximum absolute atomic E-state index is 11.9. The normalized spacial score (nSPS) is 20.9. The van der Waals surface area contributed by atoms with Crippen LogP contribution in [0.2, 0.25) is 0 Å². The van der Waals surface area contributed by atoms with Crippen molar-refractivity contribution in [3.8, 4) is 0 Å². The Morgan fingerprint density at radius 3 is 2.89 bits per heavy atom. The van der Waals surface area contributed by atoms with Crippen LogP contribution in [0.1, 0.15) is 26.2 Å². The highest BCUT2D eigenvalue weighted by molar-refractivity contribution is 5.74. The molecule has 1 heterocycles. The van der Waals surface area contributed by atoms with Crippen molar-refractivity contribution in [1.82, 2.24) is 10.2 Å². The van der Waals surface area contributed by atoms with Gasteiger partial charge in [0.1, 0.15) is 0 Å². The topological polar surface area (TPSA) is 78.9 Å². The van der Waals surface area contributed by atoms with Gasteiger partial charge < -0.3 is 20.1 Å². The number of aliphatic carboxylic acids is 1. The molecule has 0 spiro atoms. The maximum atomic E-state index is 11.9. The third kappa shape index (κ3) is 5.46. The third-order valence-corrected chi connectivity index (χ3v) is 3.48. The van der Waals surface area contributed by atoms with Crippen molar-refractivity contribution in [3.63, 3.8) is 0 Å². The lowest BCUT2D eigenvalue weighted by atomic mass is 9.99. The van der Waals surface area contributed by atoms with Gasteiger partial charge in [-0.2, -0.15) is 0 Å². The number of nitrogens with one attached hydrogen (secondary N) is 1. The largest absolute Gasteiger partial charge is 0.481 e. The Labute approximate surface area is 114 Å². The quantitative estimate of drug-likeness (QED) is 0.760. The van der Waals surface area contributed by atoms with E-state index >= 15 is 0 Å². The van der Waals surface area contributed by atoms with Gasteiger partial charge in [0.2, 0.25) is 0 Å². The first-order valence-electron chi connectivity index (χ1n) is 6.79. The summed E-state index contributed by atoms with van der Waals surface area (Å²) in [4.78, 5) is 24.4. The number of amides is 2. The predicted octanol–water partition coefficient (Wildman–Crippen LogP) is 1.17. The summed E-state index contributed by atoms with van der Waals surface area (Å²) in [5, 5.41) is 11.5. The van der Waals surface area contributed by atoms with E-state index < -0.39 is 11.9 Å². The highest BCUT2D eigenvalue weighted by Crippen LogP contribution is 2.16. The number of nitrogens with zero attached hydrogens (tertiary/aromatic N) is 1. The van der Waals surface area contributed by atoms with Crippen LogP contribution in [0.15, 0.2) is 0 Å². The predicted molar refractivity (Wildman–Crippen MR) is 71.0 cm³/mol. The van der Waals surface area contributed by atoms with E-state index in [0.29, 0.717) is 32.0 Å². The number of likely N-dealkylation sites (tertiary alicyclic amines) is 1. The standard InChI is InChI=1S/C13H24N2O4/c1-10(12(16)17)5-6-14-13(18)15-7-3-4-11(8-15)9-19-2/h10-11H,3-9H2,1-2H3,(H,14,18)(H,16,17). The van der Waals surface area contributed by atoms with Gasteiger partial charge in [-0.3, -0.25) is 4.79 Å². The minimum absolute atomic E-state index is 0.0987. The molecule has 0 bridgehead atoms. The molecule has 0 radical (unpaired) electrons. The van der Waals surface area contributed by atoms with E-state index in [1.165, 1.54) is 0 Å². The Morgan fingerprint density at radius 2 is 2.26 bits per heavy atom. The van der Waals surface area contributed by atoms with Gasteiger partial charge in [0, 0.05) is 32.7 Å². The molecule has 6 heteroatoms. The van der Waals surface area contributed by atoms with Gasteiger partial charge in [-0.05, 0) is 19.3 Å². The fraction of sp³-hybridized carbons (Fsp3) is 0.846. The van der Waals surface area contributed by atoms with Gasteiger partial charge in [0.25, 0.3) is 0 Å². The molecule has 0 aliphatic carbocycles. The number of urea groups is 1. The lowest BCUT2D eigenvalue weighted by molar-refractivity contribution is -0.141. The van der Waals surface area contributed by atoms with Crippen molar-refractivity contribution in [2.75, 3.05) is 33.4 Å². The Bertz CT molecular complexity index is 307. The van der Waals surface area contributed by atoms with Crippen LogP contribution in [-0.2, 0) is 9.53 Å². The van der Waals surface area contributed by atoms with Crippen LogP contribution < -0.4 is 5.32 Å². The summed E-state index contributed by atoms with van der Waals surface area (Å²) < 4.78 is 5.12. The van der Waals surface area contributed by atoms with Gasteiger partial charge in [-0.1, -0.05) is 6.92 Å². The van der Waals surface area contributed by atoms with Crippen molar-refractivity contribution in [2.24, 2.45) is 11.8 Å². The van der Waals surface area contributed by atoms with Crippen LogP contribution in [0.25, 0.3) is 0 Å². The van der Waals surface area contributed by atoms with E-state index in [2.05, 4.69) is 5.32 Å². The molecule has 1 aliphatic rings. The average molecular weight is 272 g/mol. The molecule has 110 valence electrons. The Morgan fingerprint density at radius 1 is 1.53 bits per heavy atom. The fourth-order valence-electron chi connectivity index (χ4n) is 2.25. The first-order chi connectivity index (χ1) is 9.04. The summed E-state index contributed by atoms with van der Waals surface area (Å²) in [5.74, 6) is -0.849. The smallest absolute Gasteiger partial charge is 0.317 e. The van der Waals surface area contributed by atoms with Gasteiger partial charge in [0.15, 0.2) is 0 Å². The summed E-state index contributed by atoms with van der Waals surface area (Å²) in [6, 6.07) is -0.0987. The lowest BCUT2D eigenvalue weighted by Gasteiger charge is -2.32. The van der Waals surface area contributed by atoms with Crippen molar-refractivity contribution in [1.29, 1.82) is 0 Å². The minimum atomic E-state index is -0.826. The minimum Gasteiger partial charge on any atom is -0.481 e. The van der Waals surface area contributed by atoms with Crippen LogP contribution in [0.3, 0.4) is 0 Å². The maximum Gasteiger partial charge on any atom is 0.317 e. The monoisotopic (exact) mass is 272 g/mol. The second kappa shape index (κ2) is 7.99. The number of ether oxygens (including phenoxy) is 1. The number of carboxylic acids is 1. The molecular formula is C13H24N2O4. The highest BCUT2D eigenvalue weighted by atomic mass is 16.5. The Balaban J connectivity index is 2.27. The second-order valence-corrected chi connectivity index (χ2v) is 5.17. The zero-order valence-corrected chi connectivity index (χ0v) is 11.7. The van der Waals surface area contributed by atoms with Crippen LogP contribution in [0.4, 0.5) is 4.79 Å². The SMILES string of the molecule is COCC1CCCN(C(=O)NCCC(C)C(=O)O)C1. The zero-order valence-electron chi connectivity index (χ0n) is 11.7. The molecule has 2 N–H and O–H groups in total. The van der Waals surface area contributed by atoms with E-state index in [-0.39, 0.29) is 6.03 Å². The number of hydrogen-bond acceptors (Lipinski definition) is 3. The summed E-state index contributed by atoms with van der Waals surface area (Å²) in [6.07, 6.45) is 2.54. The van der Waals surface area contributed by atoms with Crippen molar-refractivity contribution in [2.45, 2.75) is 26.2 Å². The number of carbonyl (C=O) groups is 2. The number of carbonyl (C=O) groups excluding carboxylic acids is 1. The van der Waals surface area contributed by atoms with E-state index in [9.17, 15) is 9.59 Å². The Hall–Kier alpha value is -1.30. The van der Waals surface area contributed by atoms with Gasteiger partial charge in [-0.15, -0.1) is 0 Å². The summed E-state index contributed by atoms with van der Waals surface area (Å²) in [5.41, 5.74) is 0. The molecule has 1 fully saturated rings. The first kappa shape index (κ1) is 15.8. The Kier molecular flexibility index (Phi) is 6.62. The van der Waals surface area contributed by atoms with Gasteiger partial charge >= 0.3 is 12.0 Å². The molecule has 2 unspecified atom stereocenters. The molecule has 1 rings (SSSR count). The number of carboxylic acid groups (broad SMARTS) is 1. The van der Waals surface area contributed by atoms with Gasteiger partial charge in [0.05, 0.1) is 12.5 Å². The van der Waals surface area contributed by atoms with Crippen molar-refractivity contribution < 1.29 is 19.4 Å². The molecular weight excluding hydrogens is 248 g/mol. The molecule has 2 amide bonds. The van der Waals surface area contributed by atoms with Crippen molar-refractivity contribution >= 4 is 12.0 Å². The zero-order chi connectivity index (χ0) is 14.3. The number of methoxy groups -OCH3 is 1. The molecule has 1 aliphatic heterocycles. The van der Waals surface area contributed by atoms with E-state index in [0.717, 1.165) is 19.4 Å². The van der Waals surface area contributed by atoms with E-state index in [4.69, 9.17) is 9.84 Å². The molecule has 2 atom stereocenters. The number of rotatable bonds is 6. The van der Waals surface area contributed by atoms with E-state index in [1.54, 1.807) is 18.9 Å². The fourth-order valence-corrected chi connectivity index (χ4v) is 2.25.